The molecule has 1 aromatic carbocycles. The van der Waals surface area contributed by atoms with E-state index in [-0.39, 0.29) is 28.0 Å². The monoisotopic (exact) mass is 604 g/mol. The van der Waals surface area contributed by atoms with Crippen LogP contribution in [-0.2, 0) is 9.53 Å². The summed E-state index contributed by atoms with van der Waals surface area (Å²) in [7, 11) is 3.02. The van der Waals surface area contributed by atoms with E-state index < -0.39 is 5.60 Å². The number of nitrogens with one attached hydrogen (secondary N) is 2. The average Bonchev–Trinajstić information content (AvgIpc) is 2.94. The number of pyridine rings is 1. The van der Waals surface area contributed by atoms with Gasteiger partial charge in [0.1, 0.15) is 23.1 Å². The van der Waals surface area contributed by atoms with Gasteiger partial charge in [-0.25, -0.2) is 15.0 Å². The smallest absolute Gasteiger partial charge is 0.217 e. The van der Waals surface area contributed by atoms with Gasteiger partial charge in [-0.2, -0.15) is 0 Å². The Labute approximate surface area is 248 Å². The number of fused-ring (bicyclic) bond motifs is 1. The number of piperidine rings is 1. The molecule has 3 aromatic rings. The van der Waals surface area contributed by atoms with E-state index >= 15 is 0 Å². The number of carbonyl (C=O) groups excluding carboxylic acids is 1. The lowest BCUT2D eigenvalue weighted by molar-refractivity contribution is -0.120. The van der Waals surface area contributed by atoms with Crippen LogP contribution in [0.3, 0.4) is 0 Å². The fourth-order valence-electron chi connectivity index (χ4n) is 5.23. The highest BCUT2D eigenvalue weighted by molar-refractivity contribution is 6.41. The van der Waals surface area contributed by atoms with Gasteiger partial charge >= 0.3 is 0 Å². The van der Waals surface area contributed by atoms with Crippen LogP contribution in [0.1, 0.15) is 33.1 Å². The quantitative estimate of drug-likeness (QED) is 0.362. The summed E-state index contributed by atoms with van der Waals surface area (Å²) >= 11 is 13.5. The molecule has 5 rings (SSSR count). The third kappa shape index (κ3) is 6.23. The lowest BCUT2D eigenvalue weighted by Gasteiger charge is -2.37. The van der Waals surface area contributed by atoms with E-state index in [0.29, 0.717) is 85.6 Å². The van der Waals surface area contributed by atoms with Gasteiger partial charge < -0.3 is 34.9 Å². The molecule has 11 nitrogen and oxygen atoms in total. The molecule has 3 N–H and O–H groups in total. The summed E-state index contributed by atoms with van der Waals surface area (Å²) in [6.07, 6.45) is 3.52. The fraction of sp³-hybridized carbons (Fsp3) is 0.500. The van der Waals surface area contributed by atoms with Crippen LogP contribution in [0.2, 0.25) is 10.0 Å². The zero-order chi connectivity index (χ0) is 29.3. The maximum Gasteiger partial charge on any atom is 0.217 e. The number of anilines is 2. The normalized spacial score (nSPS) is 20.5. The van der Waals surface area contributed by atoms with Crippen LogP contribution < -0.4 is 25.0 Å². The molecule has 4 heterocycles. The van der Waals surface area contributed by atoms with Crippen molar-refractivity contribution in [2.24, 2.45) is 0 Å². The van der Waals surface area contributed by atoms with Gasteiger partial charge in [-0.1, -0.05) is 23.2 Å². The Balaban J connectivity index is 1.61. The minimum absolute atomic E-state index is 0.0894. The summed E-state index contributed by atoms with van der Waals surface area (Å²) < 4.78 is 16.6. The molecule has 2 atom stereocenters. The number of halogens is 2. The topological polar surface area (TPSA) is 131 Å². The number of methoxy groups -OCH3 is 2. The lowest BCUT2D eigenvalue weighted by Crippen LogP contribution is -2.51. The number of ether oxygens (including phenoxy) is 3. The Morgan fingerprint density at radius 2 is 1.80 bits per heavy atom. The predicted octanol–water partition coefficient (Wildman–Crippen LogP) is 4.07. The van der Waals surface area contributed by atoms with Gasteiger partial charge in [-0.3, -0.25) is 4.79 Å². The van der Waals surface area contributed by atoms with Crippen molar-refractivity contribution >= 4 is 51.6 Å². The number of nitrogens with zero attached hydrogens (tertiary/aromatic N) is 4. The Kier molecular flexibility index (Phi) is 8.60. The van der Waals surface area contributed by atoms with Gasteiger partial charge in [-0.15, -0.1) is 0 Å². The summed E-state index contributed by atoms with van der Waals surface area (Å²) in [5.74, 6) is 2.23. The minimum atomic E-state index is -0.747. The SMILES string of the molecule is COc1cc(OC)c(Cl)c(-c2nc(N3CCC(C)(O)CC3)c3cc(N[C@@H]4COCC[C@@H]4NC(C)=O)ncc3n2)c1Cl. The van der Waals surface area contributed by atoms with Crippen molar-refractivity contribution in [2.75, 3.05) is 50.7 Å². The van der Waals surface area contributed by atoms with Gasteiger partial charge in [-0.05, 0) is 32.3 Å². The van der Waals surface area contributed by atoms with Crippen LogP contribution in [0.5, 0.6) is 11.5 Å². The van der Waals surface area contributed by atoms with Crippen LogP contribution in [0.25, 0.3) is 22.3 Å². The van der Waals surface area contributed by atoms with E-state index in [1.165, 1.54) is 21.1 Å². The molecular weight excluding hydrogens is 571 g/mol. The van der Waals surface area contributed by atoms with Gasteiger partial charge in [0, 0.05) is 38.1 Å². The Hall–Kier alpha value is -3.12. The Morgan fingerprint density at radius 1 is 1.12 bits per heavy atom. The molecule has 2 fully saturated rings. The number of hydrogen-bond acceptors (Lipinski definition) is 10. The third-order valence-corrected chi connectivity index (χ3v) is 8.33. The van der Waals surface area contributed by atoms with Crippen LogP contribution in [-0.4, -0.2) is 84.2 Å². The molecule has 1 amide bonds. The molecule has 2 saturated heterocycles. The molecule has 2 aromatic heterocycles. The van der Waals surface area contributed by atoms with Gasteiger partial charge in [0.15, 0.2) is 5.82 Å². The average molecular weight is 606 g/mol. The summed E-state index contributed by atoms with van der Waals surface area (Å²) in [4.78, 5) is 28.3. The van der Waals surface area contributed by atoms with Crippen molar-refractivity contribution in [3.05, 3.63) is 28.4 Å². The van der Waals surface area contributed by atoms with E-state index in [2.05, 4.69) is 20.5 Å². The van der Waals surface area contributed by atoms with Crippen LogP contribution in [0, 0.1) is 0 Å². The van der Waals surface area contributed by atoms with E-state index in [9.17, 15) is 9.90 Å². The molecule has 220 valence electrons. The summed E-state index contributed by atoms with van der Waals surface area (Å²) in [6.45, 7) is 5.55. The number of rotatable bonds is 7. The lowest BCUT2D eigenvalue weighted by atomic mass is 9.94. The van der Waals surface area contributed by atoms with Gasteiger partial charge in [0.05, 0.1) is 65.8 Å². The largest absolute Gasteiger partial charge is 0.495 e. The molecule has 0 bridgehead atoms. The highest BCUT2D eigenvalue weighted by Crippen LogP contribution is 2.46. The first-order valence-electron chi connectivity index (χ1n) is 13.5. The molecule has 13 heteroatoms. The number of carbonyl (C=O) groups is 1. The number of amides is 1. The van der Waals surface area contributed by atoms with Crippen molar-refractivity contribution in [1.82, 2.24) is 20.3 Å². The minimum Gasteiger partial charge on any atom is -0.495 e. The summed E-state index contributed by atoms with van der Waals surface area (Å²) in [5.41, 5.74) is 0.222. The van der Waals surface area contributed by atoms with E-state index in [1.54, 1.807) is 12.3 Å². The maximum absolute atomic E-state index is 11.8. The third-order valence-electron chi connectivity index (χ3n) is 7.58. The second kappa shape index (κ2) is 12.0. The number of aliphatic hydroxyl groups is 1. The maximum atomic E-state index is 11.8. The van der Waals surface area contributed by atoms with Crippen molar-refractivity contribution in [3.8, 4) is 22.9 Å². The van der Waals surface area contributed by atoms with Crippen molar-refractivity contribution in [1.29, 1.82) is 0 Å². The molecule has 41 heavy (non-hydrogen) atoms. The zero-order valence-electron chi connectivity index (χ0n) is 23.5. The molecule has 0 radical (unpaired) electrons. The molecule has 0 saturated carbocycles. The Bertz CT molecular complexity index is 1420. The second-order valence-corrected chi connectivity index (χ2v) is 11.4. The van der Waals surface area contributed by atoms with Gasteiger partial charge in [0.2, 0.25) is 5.91 Å². The summed E-state index contributed by atoms with van der Waals surface area (Å²) in [5, 5.41) is 18.3. The summed E-state index contributed by atoms with van der Waals surface area (Å²) in [6, 6.07) is 3.27. The van der Waals surface area contributed by atoms with E-state index in [0.717, 1.165) is 5.39 Å². The van der Waals surface area contributed by atoms with Gasteiger partial charge in [0.25, 0.3) is 0 Å². The van der Waals surface area contributed by atoms with Crippen LogP contribution >= 0.6 is 23.2 Å². The number of benzene rings is 1. The highest BCUT2D eigenvalue weighted by atomic mass is 35.5. The molecule has 0 aliphatic carbocycles. The molecule has 0 spiro atoms. The second-order valence-electron chi connectivity index (χ2n) is 10.6. The first-order chi connectivity index (χ1) is 19.6. The van der Waals surface area contributed by atoms with Crippen molar-refractivity contribution in [2.45, 2.75) is 50.8 Å². The van der Waals surface area contributed by atoms with E-state index in [4.69, 9.17) is 47.4 Å². The predicted molar refractivity (Wildman–Crippen MR) is 158 cm³/mol. The Morgan fingerprint density at radius 3 is 2.44 bits per heavy atom. The van der Waals surface area contributed by atoms with E-state index in [1.807, 2.05) is 13.0 Å². The number of aromatic nitrogens is 3. The molecule has 2 aliphatic heterocycles. The first-order valence-corrected chi connectivity index (χ1v) is 14.2. The standard InChI is InChI=1S/C28H34Cl2N6O5/c1-15(37)32-17-5-10-41-14-19(17)33-22-11-16-18(13-31-22)34-26(35-27(16)36-8-6-28(2,38)7-9-36)23-24(29)20(39-3)12-21(40-4)25(23)30/h11-13,17,19,38H,5-10,14H2,1-4H3,(H,31,33)(H,32,37)/t17-,19+/m0/s1. The van der Waals surface area contributed by atoms with Crippen LogP contribution in [0.15, 0.2) is 18.3 Å². The molecular formula is C28H34Cl2N6O5. The number of hydrogen-bond donors (Lipinski definition) is 3. The highest BCUT2D eigenvalue weighted by Gasteiger charge is 2.31. The first kappa shape index (κ1) is 29.4. The van der Waals surface area contributed by atoms with Crippen molar-refractivity contribution in [3.63, 3.8) is 0 Å². The fourth-order valence-corrected chi connectivity index (χ4v) is 5.90. The van der Waals surface area contributed by atoms with Crippen LogP contribution in [0.4, 0.5) is 11.6 Å². The zero-order valence-corrected chi connectivity index (χ0v) is 25.0. The van der Waals surface area contributed by atoms with Crippen molar-refractivity contribution < 1.29 is 24.1 Å². The molecule has 2 aliphatic rings. The molecule has 0 unspecified atom stereocenters.